The van der Waals surface area contributed by atoms with Crippen molar-refractivity contribution in [3.05, 3.63) is 48.8 Å². The molecule has 4 aromatic rings. The Labute approximate surface area is 156 Å². The van der Waals surface area contributed by atoms with Gasteiger partial charge in [-0.15, -0.1) is 0 Å². The van der Waals surface area contributed by atoms with E-state index in [1.54, 1.807) is 12.4 Å². The smallest absolute Gasteiger partial charge is 0.158 e. The predicted molar refractivity (Wildman–Crippen MR) is 103 cm³/mol. The Balaban J connectivity index is 1.54. The Hall–Kier alpha value is -3.40. The third-order valence-corrected chi connectivity index (χ3v) is 5.61. The van der Waals surface area contributed by atoms with Gasteiger partial charge >= 0.3 is 0 Å². The van der Waals surface area contributed by atoms with Crippen molar-refractivity contribution in [3.8, 4) is 6.07 Å². The SMILES string of the molecule is C[C@@H]1CCN(c2cnc(C#N)cn2)C[C@@H]1n1ccc2cnc3[nH]ccc3c21. The summed E-state index contributed by atoms with van der Waals surface area (Å²) in [4.78, 5) is 18.6. The monoisotopic (exact) mass is 357 g/mol. The van der Waals surface area contributed by atoms with Gasteiger partial charge in [0.05, 0.1) is 24.0 Å². The summed E-state index contributed by atoms with van der Waals surface area (Å²) >= 11 is 0. The highest BCUT2D eigenvalue weighted by Gasteiger charge is 2.29. The number of aromatic amines is 1. The van der Waals surface area contributed by atoms with Crippen LogP contribution in [0.3, 0.4) is 0 Å². The fourth-order valence-corrected chi connectivity index (χ4v) is 4.09. The topological polar surface area (TPSA) is 86.4 Å². The Bertz CT molecular complexity index is 1150. The molecule has 134 valence electrons. The van der Waals surface area contributed by atoms with Crippen molar-refractivity contribution in [2.45, 2.75) is 19.4 Å². The van der Waals surface area contributed by atoms with Crippen LogP contribution in [0.2, 0.25) is 0 Å². The molecule has 1 fully saturated rings. The lowest BCUT2D eigenvalue weighted by molar-refractivity contribution is 0.304. The van der Waals surface area contributed by atoms with Crippen molar-refractivity contribution in [1.82, 2.24) is 24.5 Å². The van der Waals surface area contributed by atoms with Crippen LogP contribution in [0.5, 0.6) is 0 Å². The normalized spacial score (nSPS) is 20.2. The van der Waals surface area contributed by atoms with Crippen LogP contribution in [0.1, 0.15) is 25.1 Å². The van der Waals surface area contributed by atoms with Gasteiger partial charge in [0, 0.05) is 42.5 Å². The van der Waals surface area contributed by atoms with E-state index >= 15 is 0 Å². The summed E-state index contributed by atoms with van der Waals surface area (Å²) in [6, 6.07) is 6.59. The van der Waals surface area contributed by atoms with E-state index in [9.17, 15) is 0 Å². The number of anilines is 1. The molecule has 0 saturated carbocycles. The number of nitrogens with one attached hydrogen (secondary N) is 1. The molecule has 7 nitrogen and oxygen atoms in total. The first-order valence-electron chi connectivity index (χ1n) is 9.14. The second-order valence-corrected chi connectivity index (χ2v) is 7.18. The van der Waals surface area contributed by atoms with Crippen LogP contribution < -0.4 is 4.90 Å². The number of nitriles is 1. The number of rotatable bonds is 2. The summed E-state index contributed by atoms with van der Waals surface area (Å²) < 4.78 is 2.39. The molecule has 1 aliphatic heterocycles. The van der Waals surface area contributed by atoms with Crippen LogP contribution >= 0.6 is 0 Å². The molecule has 0 amide bonds. The molecule has 4 aromatic heterocycles. The van der Waals surface area contributed by atoms with Crippen LogP contribution in [0, 0.1) is 17.2 Å². The quantitative estimate of drug-likeness (QED) is 0.595. The molecule has 5 heterocycles. The second-order valence-electron chi connectivity index (χ2n) is 7.18. The first-order chi connectivity index (χ1) is 13.2. The summed E-state index contributed by atoms with van der Waals surface area (Å²) in [5, 5.41) is 11.2. The van der Waals surface area contributed by atoms with E-state index in [-0.39, 0.29) is 0 Å². The van der Waals surface area contributed by atoms with E-state index in [1.807, 2.05) is 18.5 Å². The average Bonchev–Trinajstić information content (AvgIpc) is 3.35. The lowest BCUT2D eigenvalue weighted by atomic mass is 9.93. The Morgan fingerprint density at radius 2 is 2.11 bits per heavy atom. The zero-order valence-electron chi connectivity index (χ0n) is 15.0. The van der Waals surface area contributed by atoms with Crippen LogP contribution in [0.15, 0.2) is 43.1 Å². The minimum Gasteiger partial charge on any atom is -0.353 e. The summed E-state index contributed by atoms with van der Waals surface area (Å²) in [6.45, 7) is 4.12. The van der Waals surface area contributed by atoms with Crippen LogP contribution in [-0.4, -0.2) is 37.6 Å². The van der Waals surface area contributed by atoms with Crippen molar-refractivity contribution in [2.24, 2.45) is 5.92 Å². The largest absolute Gasteiger partial charge is 0.353 e. The number of pyridine rings is 1. The molecule has 7 heteroatoms. The van der Waals surface area contributed by atoms with Gasteiger partial charge in [0.25, 0.3) is 0 Å². The highest BCUT2D eigenvalue weighted by molar-refractivity contribution is 6.02. The van der Waals surface area contributed by atoms with E-state index in [2.05, 4.69) is 54.7 Å². The number of fused-ring (bicyclic) bond motifs is 3. The standard InChI is InChI=1S/C20H19N7/c1-13-3-6-26(18-11-23-15(8-21)10-24-18)12-17(13)27-7-4-14-9-25-20-16(19(14)27)2-5-22-20/h2,4-5,7,9-11,13,17H,3,6,12H2,1H3,(H,22,25)/t13-,17+/m1/s1. The van der Waals surface area contributed by atoms with Gasteiger partial charge in [0.1, 0.15) is 17.5 Å². The number of hydrogen-bond donors (Lipinski definition) is 1. The summed E-state index contributed by atoms with van der Waals surface area (Å²) in [5.74, 6) is 1.38. The van der Waals surface area contributed by atoms with Crippen LogP contribution in [0.4, 0.5) is 5.82 Å². The van der Waals surface area contributed by atoms with Gasteiger partial charge in [-0.2, -0.15) is 5.26 Å². The molecular formula is C20H19N7. The summed E-state index contributed by atoms with van der Waals surface area (Å²) in [6.07, 6.45) is 10.4. The number of hydrogen-bond acceptors (Lipinski definition) is 5. The summed E-state index contributed by atoms with van der Waals surface area (Å²) in [7, 11) is 0. The number of piperidine rings is 1. The van der Waals surface area contributed by atoms with E-state index < -0.39 is 0 Å². The van der Waals surface area contributed by atoms with Gasteiger partial charge in [0.15, 0.2) is 5.69 Å². The minimum absolute atomic E-state index is 0.328. The average molecular weight is 357 g/mol. The van der Waals surface area contributed by atoms with Crippen molar-refractivity contribution >= 4 is 27.8 Å². The predicted octanol–water partition coefficient (Wildman–Crippen LogP) is 3.27. The van der Waals surface area contributed by atoms with Crippen molar-refractivity contribution in [1.29, 1.82) is 5.26 Å². The van der Waals surface area contributed by atoms with Gasteiger partial charge in [0.2, 0.25) is 0 Å². The van der Waals surface area contributed by atoms with Crippen molar-refractivity contribution < 1.29 is 0 Å². The maximum atomic E-state index is 8.93. The van der Waals surface area contributed by atoms with Gasteiger partial charge in [-0.1, -0.05) is 6.92 Å². The first kappa shape index (κ1) is 15.8. The lowest BCUT2D eigenvalue weighted by Crippen LogP contribution is -2.41. The molecule has 0 unspecified atom stereocenters. The molecule has 1 saturated heterocycles. The number of aromatic nitrogens is 5. The van der Waals surface area contributed by atoms with Gasteiger partial charge in [-0.3, -0.25) is 0 Å². The van der Waals surface area contributed by atoms with E-state index in [0.29, 0.717) is 17.7 Å². The molecular weight excluding hydrogens is 338 g/mol. The molecule has 0 bridgehead atoms. The van der Waals surface area contributed by atoms with Crippen LogP contribution in [0.25, 0.3) is 21.9 Å². The minimum atomic E-state index is 0.328. The first-order valence-corrected chi connectivity index (χ1v) is 9.14. The molecule has 0 spiro atoms. The van der Waals surface area contributed by atoms with E-state index in [1.165, 1.54) is 5.52 Å². The van der Waals surface area contributed by atoms with Gasteiger partial charge < -0.3 is 14.5 Å². The Kier molecular flexibility index (Phi) is 3.57. The van der Waals surface area contributed by atoms with Crippen molar-refractivity contribution in [3.63, 3.8) is 0 Å². The maximum absolute atomic E-state index is 8.93. The Morgan fingerprint density at radius 1 is 1.19 bits per heavy atom. The van der Waals surface area contributed by atoms with Crippen LogP contribution in [-0.2, 0) is 0 Å². The third kappa shape index (κ3) is 2.53. The molecule has 1 aliphatic rings. The third-order valence-electron chi connectivity index (χ3n) is 5.61. The van der Waals surface area contributed by atoms with Gasteiger partial charge in [-0.05, 0) is 24.5 Å². The summed E-state index contributed by atoms with van der Waals surface area (Å²) in [5.41, 5.74) is 2.49. The molecule has 0 radical (unpaired) electrons. The molecule has 2 atom stereocenters. The molecule has 0 aliphatic carbocycles. The van der Waals surface area contributed by atoms with E-state index in [4.69, 9.17) is 5.26 Å². The number of nitrogens with zero attached hydrogens (tertiary/aromatic N) is 6. The highest BCUT2D eigenvalue weighted by atomic mass is 15.2. The molecule has 5 rings (SSSR count). The lowest BCUT2D eigenvalue weighted by Gasteiger charge is -2.38. The number of H-pyrrole nitrogens is 1. The van der Waals surface area contributed by atoms with E-state index in [0.717, 1.165) is 41.7 Å². The molecule has 1 N–H and O–H groups in total. The fourth-order valence-electron chi connectivity index (χ4n) is 4.09. The second kappa shape index (κ2) is 6.09. The molecule has 27 heavy (non-hydrogen) atoms. The Morgan fingerprint density at radius 3 is 2.93 bits per heavy atom. The zero-order valence-corrected chi connectivity index (χ0v) is 15.0. The highest BCUT2D eigenvalue weighted by Crippen LogP contribution is 2.34. The zero-order chi connectivity index (χ0) is 18.4. The fraction of sp³-hybridized carbons (Fsp3) is 0.300. The van der Waals surface area contributed by atoms with Crippen molar-refractivity contribution in [2.75, 3.05) is 18.0 Å². The molecule has 0 aromatic carbocycles. The maximum Gasteiger partial charge on any atom is 0.158 e. The van der Waals surface area contributed by atoms with Gasteiger partial charge in [-0.25, -0.2) is 15.0 Å².